The number of rotatable bonds is 14. The third kappa shape index (κ3) is 6.85. The van der Waals surface area contributed by atoms with Crippen LogP contribution in [0.25, 0.3) is 10.8 Å². The normalized spacial score (nSPS) is 15.2. The largest absolute Gasteiger partial charge is 0.488 e. The molecule has 0 radical (unpaired) electrons. The first-order valence-electron chi connectivity index (χ1n) is 15.3. The van der Waals surface area contributed by atoms with E-state index in [1.165, 1.54) is 0 Å². The minimum Gasteiger partial charge on any atom is -0.488 e. The van der Waals surface area contributed by atoms with Crippen LogP contribution in [-0.4, -0.2) is 22.8 Å². The summed E-state index contributed by atoms with van der Waals surface area (Å²) >= 11 is 0. The lowest BCUT2D eigenvalue weighted by molar-refractivity contribution is -0.0275. The fraction of sp³-hybridized carbons (Fsp3) is 0.514. The Kier molecular flexibility index (Phi) is 9.78. The lowest BCUT2D eigenvalue weighted by Crippen LogP contribution is -2.52. The predicted octanol–water partition coefficient (Wildman–Crippen LogP) is 10.3. The molecule has 4 nitrogen and oxygen atoms in total. The van der Waals surface area contributed by atoms with Gasteiger partial charge in [-0.05, 0) is 107 Å². The standard InChI is InChI=1S/C37H50O4/c1-11-23-35(7,8)40-31-22-19-27-24-29(16-15-28(27)25-31)33(39)36(9,13-3)37(10,14-4)41-30-20-17-26(18-21-30)32(38)34(5,6)12-2/h15-22,24-25H,11-14,23H2,1-10H3. The zero-order chi connectivity index (χ0) is 30.6. The second kappa shape index (κ2) is 12.4. The van der Waals surface area contributed by atoms with E-state index in [2.05, 4.69) is 33.8 Å². The molecule has 0 aliphatic rings. The highest BCUT2D eigenvalue weighted by atomic mass is 16.5. The van der Waals surface area contributed by atoms with Crippen LogP contribution >= 0.6 is 0 Å². The van der Waals surface area contributed by atoms with Gasteiger partial charge in [-0.25, -0.2) is 0 Å². The summed E-state index contributed by atoms with van der Waals surface area (Å²) in [4.78, 5) is 27.1. The Morgan fingerprint density at radius 2 is 1.17 bits per heavy atom. The Morgan fingerprint density at radius 1 is 0.610 bits per heavy atom. The van der Waals surface area contributed by atoms with E-state index in [-0.39, 0.29) is 17.2 Å². The molecular weight excluding hydrogens is 508 g/mol. The quantitative estimate of drug-likeness (QED) is 0.185. The third-order valence-electron chi connectivity index (χ3n) is 9.33. The molecule has 4 heteroatoms. The van der Waals surface area contributed by atoms with Gasteiger partial charge in [-0.15, -0.1) is 0 Å². The van der Waals surface area contributed by atoms with Crippen molar-refractivity contribution in [1.29, 1.82) is 0 Å². The second-order valence-electron chi connectivity index (χ2n) is 13.1. The molecule has 3 aromatic rings. The Bertz CT molecular complexity index is 1370. The third-order valence-corrected chi connectivity index (χ3v) is 9.33. The molecule has 2 unspecified atom stereocenters. The number of hydrogen-bond acceptors (Lipinski definition) is 4. The van der Waals surface area contributed by atoms with Gasteiger partial charge < -0.3 is 9.47 Å². The number of fused-ring (bicyclic) bond motifs is 1. The average molecular weight is 559 g/mol. The van der Waals surface area contributed by atoms with Crippen LogP contribution in [0.1, 0.15) is 122 Å². The number of carbonyl (C=O) groups excluding carboxylic acids is 2. The summed E-state index contributed by atoms with van der Waals surface area (Å²) in [5.74, 6) is 1.68. The van der Waals surface area contributed by atoms with Crippen molar-refractivity contribution in [3.63, 3.8) is 0 Å². The first-order valence-corrected chi connectivity index (χ1v) is 15.3. The Labute approximate surface area is 247 Å². The predicted molar refractivity (Wildman–Crippen MR) is 170 cm³/mol. The molecule has 0 bridgehead atoms. The molecule has 0 aliphatic carbocycles. The number of ether oxygens (including phenoxy) is 2. The van der Waals surface area contributed by atoms with Gasteiger partial charge in [-0.3, -0.25) is 9.59 Å². The van der Waals surface area contributed by atoms with Gasteiger partial charge in [0, 0.05) is 16.5 Å². The molecule has 2 atom stereocenters. The van der Waals surface area contributed by atoms with Crippen LogP contribution in [0.15, 0.2) is 60.7 Å². The number of ketones is 2. The lowest BCUT2D eigenvalue weighted by Gasteiger charge is -2.44. The fourth-order valence-corrected chi connectivity index (χ4v) is 5.55. The van der Waals surface area contributed by atoms with E-state index in [1.807, 2.05) is 96.1 Å². The SMILES string of the molecule is CCCC(C)(C)Oc1ccc2cc(C(=O)C(C)(CC)C(C)(CC)Oc3ccc(C(=O)C(C)(C)CC)cc3)ccc2c1. The minimum absolute atomic E-state index is 0.0622. The van der Waals surface area contributed by atoms with Crippen molar-refractivity contribution in [2.75, 3.05) is 0 Å². The van der Waals surface area contributed by atoms with Crippen molar-refractivity contribution in [1.82, 2.24) is 0 Å². The van der Waals surface area contributed by atoms with E-state index in [4.69, 9.17) is 9.47 Å². The van der Waals surface area contributed by atoms with Crippen molar-refractivity contribution in [3.05, 3.63) is 71.8 Å². The van der Waals surface area contributed by atoms with Gasteiger partial charge in [-0.2, -0.15) is 0 Å². The molecule has 41 heavy (non-hydrogen) atoms. The number of carbonyl (C=O) groups is 2. The van der Waals surface area contributed by atoms with E-state index >= 15 is 0 Å². The Morgan fingerprint density at radius 3 is 1.73 bits per heavy atom. The van der Waals surface area contributed by atoms with Crippen LogP contribution < -0.4 is 9.47 Å². The molecule has 0 spiro atoms. The summed E-state index contributed by atoms with van der Waals surface area (Å²) in [6.45, 7) is 20.5. The second-order valence-corrected chi connectivity index (χ2v) is 13.1. The summed E-state index contributed by atoms with van der Waals surface area (Å²) in [6.07, 6.45) is 4.08. The highest BCUT2D eigenvalue weighted by Crippen LogP contribution is 2.44. The first-order chi connectivity index (χ1) is 19.1. The first kappa shape index (κ1) is 32.4. The van der Waals surface area contributed by atoms with Gasteiger partial charge >= 0.3 is 0 Å². The van der Waals surface area contributed by atoms with Crippen LogP contribution in [0, 0.1) is 10.8 Å². The summed E-state index contributed by atoms with van der Waals surface area (Å²) in [5.41, 5.74) is -0.823. The summed E-state index contributed by atoms with van der Waals surface area (Å²) in [6, 6.07) is 19.4. The zero-order valence-electron chi connectivity index (χ0n) is 26.9. The smallest absolute Gasteiger partial charge is 0.172 e. The molecule has 0 aliphatic heterocycles. The highest BCUT2D eigenvalue weighted by Gasteiger charge is 2.50. The van der Waals surface area contributed by atoms with E-state index in [9.17, 15) is 9.59 Å². The summed E-state index contributed by atoms with van der Waals surface area (Å²) in [5, 5.41) is 2.05. The molecule has 0 saturated carbocycles. The van der Waals surface area contributed by atoms with Crippen molar-refractivity contribution < 1.29 is 19.1 Å². The van der Waals surface area contributed by atoms with Crippen molar-refractivity contribution >= 4 is 22.3 Å². The molecular formula is C37H50O4. The van der Waals surface area contributed by atoms with Crippen molar-refractivity contribution in [2.24, 2.45) is 10.8 Å². The maximum atomic E-state index is 14.2. The average Bonchev–Trinajstić information content (AvgIpc) is 2.95. The monoisotopic (exact) mass is 558 g/mol. The highest BCUT2D eigenvalue weighted by molar-refractivity contribution is 6.04. The van der Waals surface area contributed by atoms with Gasteiger partial charge in [0.1, 0.15) is 22.7 Å². The minimum atomic E-state index is -0.776. The maximum absolute atomic E-state index is 14.2. The van der Waals surface area contributed by atoms with Gasteiger partial charge in [-0.1, -0.05) is 66.2 Å². The number of benzene rings is 3. The lowest BCUT2D eigenvalue weighted by atomic mass is 9.66. The topological polar surface area (TPSA) is 52.6 Å². The molecule has 3 aromatic carbocycles. The van der Waals surface area contributed by atoms with Gasteiger partial charge in [0.2, 0.25) is 0 Å². The van der Waals surface area contributed by atoms with Gasteiger partial charge in [0.05, 0.1) is 5.41 Å². The maximum Gasteiger partial charge on any atom is 0.172 e. The van der Waals surface area contributed by atoms with Crippen LogP contribution in [0.4, 0.5) is 0 Å². The van der Waals surface area contributed by atoms with Crippen molar-refractivity contribution in [2.45, 2.75) is 113 Å². The molecule has 0 heterocycles. The molecule has 0 aromatic heterocycles. The van der Waals surface area contributed by atoms with E-state index in [1.54, 1.807) is 0 Å². The zero-order valence-corrected chi connectivity index (χ0v) is 26.9. The molecule has 0 amide bonds. The number of Topliss-reactive ketones (excluding diaryl/α,β-unsaturated/α-hetero) is 2. The molecule has 0 fully saturated rings. The van der Waals surface area contributed by atoms with Crippen LogP contribution in [0.5, 0.6) is 11.5 Å². The molecule has 0 N–H and O–H groups in total. The fourth-order valence-electron chi connectivity index (χ4n) is 5.55. The van der Waals surface area contributed by atoms with Crippen LogP contribution in [0.3, 0.4) is 0 Å². The van der Waals surface area contributed by atoms with Crippen LogP contribution in [0.2, 0.25) is 0 Å². The summed E-state index contributed by atoms with van der Waals surface area (Å²) < 4.78 is 12.9. The summed E-state index contributed by atoms with van der Waals surface area (Å²) in [7, 11) is 0. The van der Waals surface area contributed by atoms with Crippen molar-refractivity contribution in [3.8, 4) is 11.5 Å². The van der Waals surface area contributed by atoms with E-state index in [0.29, 0.717) is 29.7 Å². The van der Waals surface area contributed by atoms with Gasteiger partial charge in [0.15, 0.2) is 11.6 Å². The van der Waals surface area contributed by atoms with E-state index in [0.717, 1.165) is 35.8 Å². The molecule has 3 rings (SSSR count). The molecule has 222 valence electrons. The van der Waals surface area contributed by atoms with Crippen LogP contribution in [-0.2, 0) is 0 Å². The Hall–Kier alpha value is -3.14. The molecule has 0 saturated heterocycles. The van der Waals surface area contributed by atoms with E-state index < -0.39 is 16.4 Å². The Balaban J connectivity index is 1.88. The number of hydrogen-bond donors (Lipinski definition) is 0. The van der Waals surface area contributed by atoms with Gasteiger partial charge in [0.25, 0.3) is 0 Å².